The van der Waals surface area contributed by atoms with E-state index in [1.807, 2.05) is 14.1 Å². The van der Waals surface area contributed by atoms with Gasteiger partial charge in [-0.15, -0.1) is 0 Å². The van der Waals surface area contributed by atoms with Crippen LogP contribution in [0.3, 0.4) is 0 Å². The zero-order valence-electron chi connectivity index (χ0n) is 9.58. The topological polar surface area (TPSA) is 49.4 Å². The van der Waals surface area contributed by atoms with Crippen molar-refractivity contribution in [2.24, 2.45) is 5.92 Å². The van der Waals surface area contributed by atoms with E-state index in [0.29, 0.717) is 12.5 Å². The molecular formula is C9H22N2O2S. The Morgan fingerprint density at radius 2 is 2.00 bits per heavy atom. The van der Waals surface area contributed by atoms with Crippen LogP contribution in [0.2, 0.25) is 0 Å². The van der Waals surface area contributed by atoms with Crippen molar-refractivity contribution in [1.82, 2.24) is 10.2 Å². The Morgan fingerprint density at radius 1 is 1.43 bits per heavy atom. The fourth-order valence-corrected chi connectivity index (χ4v) is 2.00. The highest BCUT2D eigenvalue weighted by Crippen LogP contribution is 1.96. The number of hydrogen-bond donors (Lipinski definition) is 1. The largest absolute Gasteiger partial charge is 0.319 e. The lowest BCUT2D eigenvalue weighted by Crippen LogP contribution is -2.32. The first-order chi connectivity index (χ1) is 6.35. The lowest BCUT2D eigenvalue weighted by molar-refractivity contribution is 0.297. The highest BCUT2D eigenvalue weighted by Gasteiger charge is 2.08. The molecule has 0 aromatic carbocycles. The van der Waals surface area contributed by atoms with Crippen molar-refractivity contribution in [3.8, 4) is 0 Å². The molecule has 86 valence electrons. The van der Waals surface area contributed by atoms with Crippen LogP contribution in [0.5, 0.6) is 0 Å². The fourth-order valence-electron chi connectivity index (χ4n) is 1.36. The first-order valence-corrected chi connectivity index (χ1v) is 6.92. The van der Waals surface area contributed by atoms with Crippen molar-refractivity contribution in [1.29, 1.82) is 0 Å². The standard InChI is InChI=1S/C9H22N2O2S/c1-9(7-10-2)8-11(3)5-6-14(4,12)13/h9-10H,5-8H2,1-4H3. The molecule has 1 atom stereocenters. The Hall–Kier alpha value is -0.130. The molecule has 0 fully saturated rings. The van der Waals surface area contributed by atoms with Crippen molar-refractivity contribution < 1.29 is 8.42 Å². The van der Waals surface area contributed by atoms with E-state index in [9.17, 15) is 8.42 Å². The normalized spacial score (nSPS) is 14.6. The smallest absolute Gasteiger partial charge is 0.148 e. The van der Waals surface area contributed by atoms with E-state index in [1.54, 1.807) is 0 Å². The number of sulfone groups is 1. The molecule has 1 unspecified atom stereocenters. The van der Waals surface area contributed by atoms with Crippen LogP contribution in [0.1, 0.15) is 6.92 Å². The fraction of sp³-hybridized carbons (Fsp3) is 1.00. The molecule has 0 aromatic heterocycles. The molecule has 0 amide bonds. The van der Waals surface area contributed by atoms with Gasteiger partial charge < -0.3 is 10.2 Å². The summed E-state index contributed by atoms with van der Waals surface area (Å²) in [5, 5.41) is 3.10. The van der Waals surface area contributed by atoms with Crippen molar-refractivity contribution in [2.45, 2.75) is 6.92 Å². The predicted molar refractivity (Wildman–Crippen MR) is 60.3 cm³/mol. The minimum Gasteiger partial charge on any atom is -0.319 e. The molecule has 14 heavy (non-hydrogen) atoms. The predicted octanol–water partition coefficient (Wildman–Crippen LogP) is -0.182. The summed E-state index contributed by atoms with van der Waals surface area (Å²) in [5.41, 5.74) is 0. The maximum Gasteiger partial charge on any atom is 0.148 e. The van der Waals surface area contributed by atoms with Crippen molar-refractivity contribution in [3.05, 3.63) is 0 Å². The molecule has 0 saturated heterocycles. The van der Waals surface area contributed by atoms with Gasteiger partial charge in [0, 0.05) is 19.3 Å². The first-order valence-electron chi connectivity index (χ1n) is 4.86. The van der Waals surface area contributed by atoms with Crippen LogP contribution in [0.25, 0.3) is 0 Å². The van der Waals surface area contributed by atoms with E-state index in [1.165, 1.54) is 6.26 Å². The molecule has 0 aromatic rings. The second kappa shape index (κ2) is 6.37. The van der Waals surface area contributed by atoms with Crippen LogP contribution in [0.4, 0.5) is 0 Å². The van der Waals surface area contributed by atoms with E-state index in [0.717, 1.165) is 13.1 Å². The average Bonchev–Trinajstić information content (AvgIpc) is 2.00. The zero-order chi connectivity index (χ0) is 11.2. The van der Waals surface area contributed by atoms with Gasteiger partial charge in [-0.05, 0) is 26.6 Å². The van der Waals surface area contributed by atoms with E-state index in [-0.39, 0.29) is 5.75 Å². The summed E-state index contributed by atoms with van der Waals surface area (Å²) in [5.74, 6) is 0.792. The average molecular weight is 222 g/mol. The third-order valence-corrected chi connectivity index (χ3v) is 2.94. The SMILES string of the molecule is CNCC(C)CN(C)CCS(C)(=O)=O. The third-order valence-electron chi connectivity index (χ3n) is 2.02. The van der Waals surface area contributed by atoms with Gasteiger partial charge in [0.25, 0.3) is 0 Å². The van der Waals surface area contributed by atoms with Crippen LogP contribution in [0, 0.1) is 5.92 Å². The monoisotopic (exact) mass is 222 g/mol. The Kier molecular flexibility index (Phi) is 6.31. The van der Waals surface area contributed by atoms with Gasteiger partial charge in [-0.3, -0.25) is 0 Å². The molecule has 0 aliphatic rings. The van der Waals surface area contributed by atoms with Gasteiger partial charge in [0.1, 0.15) is 9.84 Å². The summed E-state index contributed by atoms with van der Waals surface area (Å²) in [6, 6.07) is 0. The Labute approximate surface area is 87.6 Å². The molecule has 0 aliphatic carbocycles. The lowest BCUT2D eigenvalue weighted by atomic mass is 10.2. The second-order valence-electron chi connectivity index (χ2n) is 4.05. The molecule has 0 radical (unpaired) electrons. The first kappa shape index (κ1) is 13.9. The summed E-state index contributed by atoms with van der Waals surface area (Å²) >= 11 is 0. The second-order valence-corrected chi connectivity index (χ2v) is 6.31. The van der Waals surface area contributed by atoms with Gasteiger partial charge in [0.2, 0.25) is 0 Å². The van der Waals surface area contributed by atoms with Gasteiger partial charge >= 0.3 is 0 Å². The Bertz CT molecular complexity index is 239. The van der Waals surface area contributed by atoms with Crippen molar-refractivity contribution in [3.63, 3.8) is 0 Å². The molecule has 0 bridgehead atoms. The Morgan fingerprint density at radius 3 is 2.43 bits per heavy atom. The number of rotatable bonds is 7. The number of nitrogens with one attached hydrogen (secondary N) is 1. The molecule has 0 aliphatic heterocycles. The quantitative estimate of drug-likeness (QED) is 0.649. The van der Waals surface area contributed by atoms with Crippen LogP contribution < -0.4 is 5.32 Å². The highest BCUT2D eigenvalue weighted by molar-refractivity contribution is 7.90. The molecular weight excluding hydrogens is 200 g/mol. The molecule has 5 heteroatoms. The highest BCUT2D eigenvalue weighted by atomic mass is 32.2. The minimum absolute atomic E-state index is 0.246. The summed E-state index contributed by atoms with van der Waals surface area (Å²) in [4.78, 5) is 2.06. The van der Waals surface area contributed by atoms with E-state index >= 15 is 0 Å². The summed E-state index contributed by atoms with van der Waals surface area (Å²) in [6.45, 7) is 4.65. The van der Waals surface area contributed by atoms with Gasteiger partial charge in [-0.2, -0.15) is 0 Å². The molecule has 0 saturated carbocycles. The van der Waals surface area contributed by atoms with Crippen LogP contribution in [0.15, 0.2) is 0 Å². The van der Waals surface area contributed by atoms with E-state index in [2.05, 4.69) is 17.1 Å². The van der Waals surface area contributed by atoms with Gasteiger partial charge in [-0.1, -0.05) is 6.92 Å². The molecule has 0 heterocycles. The zero-order valence-corrected chi connectivity index (χ0v) is 10.4. The third kappa shape index (κ3) is 8.47. The molecule has 0 spiro atoms. The Balaban J connectivity index is 3.70. The van der Waals surface area contributed by atoms with Crippen LogP contribution >= 0.6 is 0 Å². The van der Waals surface area contributed by atoms with Gasteiger partial charge in [0.15, 0.2) is 0 Å². The van der Waals surface area contributed by atoms with Crippen LogP contribution in [-0.4, -0.2) is 59.1 Å². The van der Waals surface area contributed by atoms with Gasteiger partial charge in [-0.25, -0.2) is 8.42 Å². The number of hydrogen-bond acceptors (Lipinski definition) is 4. The van der Waals surface area contributed by atoms with Crippen LogP contribution in [-0.2, 0) is 9.84 Å². The summed E-state index contributed by atoms with van der Waals surface area (Å²) < 4.78 is 21.8. The minimum atomic E-state index is -2.82. The van der Waals surface area contributed by atoms with Crippen molar-refractivity contribution in [2.75, 3.05) is 45.7 Å². The molecule has 0 rings (SSSR count). The summed E-state index contributed by atoms with van der Waals surface area (Å²) in [6.07, 6.45) is 1.28. The maximum absolute atomic E-state index is 10.9. The summed E-state index contributed by atoms with van der Waals surface area (Å²) in [7, 11) is 1.05. The van der Waals surface area contributed by atoms with E-state index in [4.69, 9.17) is 0 Å². The molecule has 1 N–H and O–H groups in total. The van der Waals surface area contributed by atoms with E-state index < -0.39 is 9.84 Å². The number of nitrogens with zero attached hydrogens (tertiary/aromatic N) is 1. The molecule has 4 nitrogen and oxygen atoms in total. The lowest BCUT2D eigenvalue weighted by Gasteiger charge is -2.20. The van der Waals surface area contributed by atoms with Gasteiger partial charge in [0.05, 0.1) is 5.75 Å². The van der Waals surface area contributed by atoms with Crippen molar-refractivity contribution >= 4 is 9.84 Å². The maximum atomic E-state index is 10.9.